The van der Waals surface area contributed by atoms with Crippen molar-refractivity contribution < 1.29 is 26.7 Å². The summed E-state index contributed by atoms with van der Waals surface area (Å²) in [5.41, 5.74) is 1.85. The van der Waals surface area contributed by atoms with Crippen molar-refractivity contribution >= 4 is 52.8 Å². The van der Waals surface area contributed by atoms with Gasteiger partial charge in [-0.05, 0) is 66.1 Å². The molecule has 13 heteroatoms. The molecule has 0 saturated carbocycles. The minimum absolute atomic E-state index is 0.0166. The van der Waals surface area contributed by atoms with Gasteiger partial charge in [0.1, 0.15) is 11.6 Å². The summed E-state index contributed by atoms with van der Waals surface area (Å²) in [5.74, 6) is -1.41. The van der Waals surface area contributed by atoms with Crippen molar-refractivity contribution in [3.63, 3.8) is 0 Å². The molecule has 1 aliphatic heterocycles. The number of para-hydroxylation sites is 1. The fourth-order valence-corrected chi connectivity index (χ4v) is 9.78. The summed E-state index contributed by atoms with van der Waals surface area (Å²) in [6.45, 7) is 2.02. The van der Waals surface area contributed by atoms with Gasteiger partial charge < -0.3 is 14.9 Å². The second-order valence-electron chi connectivity index (χ2n) is 12.8. The Labute approximate surface area is 302 Å². The van der Waals surface area contributed by atoms with Crippen LogP contribution in [0, 0.1) is 0 Å². The zero-order chi connectivity index (χ0) is 36.3. The number of nitrogens with one attached hydrogen (secondary N) is 1. The van der Waals surface area contributed by atoms with Gasteiger partial charge in [-0.15, -0.1) is 0 Å². The molecule has 0 unspecified atom stereocenters. The highest BCUT2D eigenvalue weighted by Crippen LogP contribution is 2.29. The highest BCUT2D eigenvalue weighted by Gasteiger charge is 2.31. The predicted molar refractivity (Wildman–Crippen MR) is 200 cm³/mol. The van der Waals surface area contributed by atoms with Crippen molar-refractivity contribution in [2.75, 3.05) is 37.0 Å². The average Bonchev–Trinajstić information content (AvgIpc) is 3.16. The number of rotatable bonds is 11. The van der Waals surface area contributed by atoms with E-state index >= 15 is 0 Å². The molecule has 52 heavy (non-hydrogen) atoms. The smallest absolute Gasteiger partial charge is 0.240 e. The number of hydrogen-bond donors (Lipinski definition) is 2. The third kappa shape index (κ3) is 7.47. The number of carbonyl (C=O) groups is 1. The van der Waals surface area contributed by atoms with Gasteiger partial charge in [-0.1, -0.05) is 48.5 Å². The van der Waals surface area contributed by atoms with Crippen LogP contribution in [0.3, 0.4) is 0 Å². The van der Waals surface area contributed by atoms with E-state index in [2.05, 4.69) is 20.2 Å². The summed E-state index contributed by atoms with van der Waals surface area (Å²) in [6, 6.07) is 26.6. The lowest BCUT2D eigenvalue weighted by Crippen LogP contribution is -2.55. The first-order chi connectivity index (χ1) is 25.1. The number of fused-ring (bicyclic) bond motifs is 2. The Kier molecular flexibility index (Phi) is 9.91. The minimum Gasteiger partial charge on any atom is -0.508 e. The van der Waals surface area contributed by atoms with Crippen molar-refractivity contribution in [2.24, 2.45) is 0 Å². The fraction of sp³-hybridized carbons (Fsp3) is 0.205. The summed E-state index contributed by atoms with van der Waals surface area (Å²) < 4.78 is 55.5. The number of benzene rings is 4. The summed E-state index contributed by atoms with van der Waals surface area (Å²) in [7, 11) is -7.89. The first-order valence-corrected chi connectivity index (χ1v) is 20.1. The van der Waals surface area contributed by atoms with E-state index in [1.54, 1.807) is 59.8 Å². The molecule has 0 bridgehead atoms. The van der Waals surface area contributed by atoms with Crippen molar-refractivity contribution in [3.8, 4) is 5.75 Å². The molecule has 3 heterocycles. The molecule has 6 aromatic rings. The molecule has 7 rings (SSSR count). The van der Waals surface area contributed by atoms with Gasteiger partial charge in [0, 0.05) is 78.2 Å². The Bertz CT molecular complexity index is 2460. The molecule has 4 aromatic carbocycles. The summed E-state index contributed by atoms with van der Waals surface area (Å²) >= 11 is 0. The molecule has 1 aliphatic rings. The number of aromatic nitrogens is 2. The van der Waals surface area contributed by atoms with E-state index in [0.29, 0.717) is 58.9 Å². The highest BCUT2D eigenvalue weighted by atomic mass is 32.2. The van der Waals surface area contributed by atoms with E-state index < -0.39 is 37.3 Å². The largest absolute Gasteiger partial charge is 0.508 e. The minimum atomic E-state index is -3.94. The number of piperazine rings is 1. The van der Waals surface area contributed by atoms with Gasteiger partial charge in [0.15, 0.2) is 19.7 Å². The van der Waals surface area contributed by atoms with E-state index in [0.717, 1.165) is 5.69 Å². The molecular weight excluding hydrogens is 699 g/mol. The number of aromatic hydroxyl groups is 1. The first kappa shape index (κ1) is 35.1. The number of anilines is 1. The highest BCUT2D eigenvalue weighted by molar-refractivity contribution is 7.91. The van der Waals surface area contributed by atoms with Gasteiger partial charge in [0.05, 0.1) is 21.6 Å². The van der Waals surface area contributed by atoms with E-state index in [4.69, 9.17) is 0 Å². The molecule has 1 saturated heterocycles. The quantitative estimate of drug-likeness (QED) is 0.191. The summed E-state index contributed by atoms with van der Waals surface area (Å²) in [4.78, 5) is 26.7. The van der Waals surface area contributed by atoms with Crippen LogP contribution in [0.15, 0.2) is 132 Å². The summed E-state index contributed by atoms with van der Waals surface area (Å²) in [5, 5.41) is 15.9. The molecule has 1 fully saturated rings. The van der Waals surface area contributed by atoms with Gasteiger partial charge in [0.25, 0.3) is 0 Å². The van der Waals surface area contributed by atoms with Crippen LogP contribution in [-0.2, 0) is 36.6 Å². The van der Waals surface area contributed by atoms with Crippen LogP contribution < -0.4 is 10.2 Å². The maximum atomic E-state index is 14.3. The van der Waals surface area contributed by atoms with Crippen LogP contribution in [0.1, 0.15) is 11.1 Å². The van der Waals surface area contributed by atoms with Crippen molar-refractivity contribution in [1.29, 1.82) is 0 Å². The van der Waals surface area contributed by atoms with Crippen LogP contribution in [0.25, 0.3) is 21.5 Å². The Morgan fingerprint density at radius 2 is 1.33 bits per heavy atom. The van der Waals surface area contributed by atoms with Crippen LogP contribution >= 0.6 is 0 Å². The molecule has 11 nitrogen and oxygen atoms in total. The number of phenols is 1. The van der Waals surface area contributed by atoms with Crippen LogP contribution in [0.4, 0.5) is 5.69 Å². The van der Waals surface area contributed by atoms with E-state index in [1.807, 2.05) is 30.3 Å². The summed E-state index contributed by atoms with van der Waals surface area (Å²) in [6.07, 6.45) is 6.24. The number of pyridine rings is 2. The number of sulfone groups is 2. The van der Waals surface area contributed by atoms with E-state index in [1.165, 1.54) is 36.7 Å². The Morgan fingerprint density at radius 1 is 0.712 bits per heavy atom. The Hall–Kier alpha value is -5.37. The lowest BCUT2D eigenvalue weighted by molar-refractivity contribution is -0.133. The van der Waals surface area contributed by atoms with E-state index in [-0.39, 0.29) is 27.9 Å². The van der Waals surface area contributed by atoms with Crippen LogP contribution in [0.5, 0.6) is 5.75 Å². The number of hydrogen-bond acceptors (Lipinski definition) is 10. The van der Waals surface area contributed by atoms with Crippen molar-refractivity contribution in [3.05, 3.63) is 133 Å². The van der Waals surface area contributed by atoms with Gasteiger partial charge in [-0.3, -0.25) is 20.1 Å². The lowest BCUT2D eigenvalue weighted by atomic mass is 9.99. The van der Waals surface area contributed by atoms with Gasteiger partial charge in [-0.25, -0.2) is 16.8 Å². The molecule has 2 N–H and O–H groups in total. The zero-order valence-electron chi connectivity index (χ0n) is 28.2. The molecule has 1 atom stereocenters. The monoisotopic (exact) mass is 735 g/mol. The lowest BCUT2D eigenvalue weighted by Gasteiger charge is -2.38. The number of phenolic OH excluding ortho intramolecular Hbond substituents is 1. The standard InChI is InChI=1S/C39H37N5O6S2/c45-33-13-12-28(31(22-33)26-51(47,48)37-10-4-6-29-24-40-16-14-34(29)37)23-36(39(46)44-20-18-43(19-21-44)32-8-2-1-3-9-32)42-27-52(49,50)38-11-5-7-30-25-41-17-15-35(30)38/h1-17,22,24-25,36,42,45H,18-21,23,26-27H2/t36-/m0/s1. The third-order valence-electron chi connectivity index (χ3n) is 9.44. The molecule has 266 valence electrons. The van der Waals surface area contributed by atoms with Crippen LogP contribution in [-0.4, -0.2) is 80.8 Å². The molecule has 0 aliphatic carbocycles. The average molecular weight is 736 g/mol. The number of carbonyl (C=O) groups excluding carboxylic acids is 1. The van der Waals surface area contributed by atoms with E-state index in [9.17, 15) is 26.7 Å². The van der Waals surface area contributed by atoms with Crippen molar-refractivity contribution in [2.45, 2.75) is 28.0 Å². The second kappa shape index (κ2) is 14.7. The second-order valence-corrected chi connectivity index (χ2v) is 16.7. The normalized spacial score (nSPS) is 14.5. The van der Waals surface area contributed by atoms with Gasteiger partial charge >= 0.3 is 0 Å². The topological polar surface area (TPSA) is 150 Å². The van der Waals surface area contributed by atoms with Gasteiger partial charge in [-0.2, -0.15) is 0 Å². The molecule has 2 aromatic heterocycles. The van der Waals surface area contributed by atoms with Crippen LogP contribution in [0.2, 0.25) is 0 Å². The first-order valence-electron chi connectivity index (χ1n) is 16.8. The zero-order valence-corrected chi connectivity index (χ0v) is 29.8. The fourth-order valence-electron chi connectivity index (χ4n) is 6.76. The molecule has 0 radical (unpaired) electrons. The number of nitrogens with zero attached hydrogens (tertiary/aromatic N) is 4. The predicted octanol–water partition coefficient (Wildman–Crippen LogP) is 4.74. The SMILES string of the molecule is O=C([C@H](Cc1ccc(O)cc1CS(=O)(=O)c1cccc2cnccc12)NCS(=O)(=O)c1cccc2cnccc12)N1CCN(c2ccccc2)CC1. The molecule has 1 amide bonds. The number of amides is 1. The molecule has 0 spiro atoms. The van der Waals surface area contributed by atoms with Crippen molar-refractivity contribution in [1.82, 2.24) is 20.2 Å². The molecular formula is C39H37N5O6S2. The maximum Gasteiger partial charge on any atom is 0.240 e. The van der Waals surface area contributed by atoms with Gasteiger partial charge in [0.2, 0.25) is 5.91 Å². The maximum absolute atomic E-state index is 14.3. The Balaban J connectivity index is 1.18. The third-order valence-corrected chi connectivity index (χ3v) is 12.7. The Morgan fingerprint density at radius 3 is 1.96 bits per heavy atom.